The molecule has 1 amide bonds. The van der Waals surface area contributed by atoms with Gasteiger partial charge in [0.05, 0.1) is 17.1 Å². The summed E-state index contributed by atoms with van der Waals surface area (Å²) in [6, 6.07) is 1.86. The topological polar surface area (TPSA) is 80.1 Å². The van der Waals surface area contributed by atoms with Crippen molar-refractivity contribution in [1.29, 1.82) is 0 Å². The summed E-state index contributed by atoms with van der Waals surface area (Å²) in [5.74, 6) is 0.173. The highest BCUT2D eigenvalue weighted by atomic mass is 32.1. The van der Waals surface area contributed by atoms with Gasteiger partial charge in [-0.25, -0.2) is 0 Å². The number of aryl methyl sites for hydroxylation is 2. The van der Waals surface area contributed by atoms with E-state index in [1.165, 1.54) is 11.5 Å². The normalized spacial score (nSPS) is 17.3. The van der Waals surface area contributed by atoms with E-state index in [1.807, 2.05) is 19.9 Å². The van der Waals surface area contributed by atoms with Gasteiger partial charge in [-0.3, -0.25) is 9.59 Å². The molecule has 3 rings (SSSR count). The van der Waals surface area contributed by atoms with E-state index >= 15 is 0 Å². The number of piperidine rings is 1. The van der Waals surface area contributed by atoms with Crippen LogP contribution in [-0.4, -0.2) is 45.1 Å². The highest BCUT2D eigenvalue weighted by molar-refractivity contribution is 7.05. The largest absolute Gasteiger partial charge is 0.336 e. The summed E-state index contributed by atoms with van der Waals surface area (Å²) in [7, 11) is 1.71. The molecule has 2 aromatic heterocycles. The average Bonchev–Trinajstić information content (AvgIpc) is 3.03. The van der Waals surface area contributed by atoms with Crippen molar-refractivity contribution in [3.8, 4) is 0 Å². The Balaban J connectivity index is 1.81. The summed E-state index contributed by atoms with van der Waals surface area (Å²) >= 11 is 1.28. The molecule has 26 heavy (non-hydrogen) atoms. The van der Waals surface area contributed by atoms with Crippen LogP contribution in [0.5, 0.6) is 0 Å². The summed E-state index contributed by atoms with van der Waals surface area (Å²) in [5.41, 5.74) is 1.59. The lowest BCUT2D eigenvalue weighted by Crippen LogP contribution is -2.38. The third-order valence-corrected chi connectivity index (χ3v) is 5.72. The number of carbonyl (C=O) groups excluding carboxylic acids is 1. The van der Waals surface area contributed by atoms with Crippen LogP contribution in [-0.2, 0) is 13.1 Å². The Labute approximate surface area is 157 Å². The molecule has 1 saturated heterocycles. The summed E-state index contributed by atoms with van der Waals surface area (Å²) in [4.78, 5) is 28.4. The van der Waals surface area contributed by atoms with Crippen molar-refractivity contribution in [1.82, 2.24) is 24.4 Å². The molecule has 0 bridgehead atoms. The third kappa shape index (κ3) is 4.02. The Morgan fingerprint density at radius 3 is 2.92 bits per heavy atom. The van der Waals surface area contributed by atoms with E-state index in [0.29, 0.717) is 24.6 Å². The molecule has 7 nitrogen and oxygen atoms in total. The van der Waals surface area contributed by atoms with E-state index < -0.39 is 0 Å². The van der Waals surface area contributed by atoms with Gasteiger partial charge in [0, 0.05) is 19.8 Å². The highest BCUT2D eigenvalue weighted by Crippen LogP contribution is 2.15. The number of aromatic nitrogens is 3. The van der Waals surface area contributed by atoms with E-state index in [4.69, 9.17) is 0 Å². The Morgan fingerprint density at radius 2 is 2.27 bits per heavy atom. The first-order valence-electron chi connectivity index (χ1n) is 8.91. The van der Waals surface area contributed by atoms with E-state index in [2.05, 4.69) is 14.9 Å². The molecule has 0 aliphatic carbocycles. The first kappa shape index (κ1) is 18.7. The van der Waals surface area contributed by atoms with Gasteiger partial charge in [0.2, 0.25) is 0 Å². The molecule has 1 aliphatic heterocycles. The van der Waals surface area contributed by atoms with Gasteiger partial charge in [-0.1, -0.05) is 4.49 Å². The molecule has 140 valence electrons. The van der Waals surface area contributed by atoms with Gasteiger partial charge in [0.15, 0.2) is 0 Å². The summed E-state index contributed by atoms with van der Waals surface area (Å²) in [6.07, 6.45) is 4.04. The van der Waals surface area contributed by atoms with E-state index in [-0.39, 0.29) is 17.0 Å². The lowest BCUT2D eigenvalue weighted by atomic mass is 9.99. The van der Waals surface area contributed by atoms with Crippen LogP contribution < -0.4 is 10.9 Å². The van der Waals surface area contributed by atoms with Crippen LogP contribution in [0.15, 0.2) is 17.1 Å². The SMILES string of the molecule is Cc1ccn(CC2CCCNC2)c(=O)c1C(=O)N(C)Cc1snnc1C. The fourth-order valence-electron chi connectivity index (χ4n) is 3.30. The van der Waals surface area contributed by atoms with Crippen LogP contribution in [0, 0.1) is 19.8 Å². The molecule has 1 unspecified atom stereocenters. The molecule has 8 heteroatoms. The number of carbonyl (C=O) groups is 1. The van der Waals surface area contributed by atoms with Crippen molar-refractivity contribution < 1.29 is 4.79 Å². The van der Waals surface area contributed by atoms with Crippen molar-refractivity contribution in [3.05, 3.63) is 44.3 Å². The fraction of sp³-hybridized carbons (Fsp3) is 0.556. The van der Waals surface area contributed by atoms with Crippen molar-refractivity contribution in [3.63, 3.8) is 0 Å². The monoisotopic (exact) mass is 375 g/mol. The van der Waals surface area contributed by atoms with Crippen molar-refractivity contribution in [2.24, 2.45) is 5.92 Å². The molecule has 1 atom stereocenters. The first-order valence-corrected chi connectivity index (χ1v) is 9.68. The molecule has 1 aliphatic rings. The molecule has 2 aromatic rings. The molecule has 3 heterocycles. The highest BCUT2D eigenvalue weighted by Gasteiger charge is 2.22. The minimum absolute atomic E-state index is 0.202. The van der Waals surface area contributed by atoms with Crippen LogP contribution in [0.2, 0.25) is 0 Å². The number of rotatable bonds is 5. The molecule has 0 saturated carbocycles. The van der Waals surface area contributed by atoms with Gasteiger partial charge in [-0.05, 0) is 68.9 Å². The zero-order valence-electron chi connectivity index (χ0n) is 15.5. The Bertz CT molecular complexity index is 838. The maximum absolute atomic E-state index is 13.0. The Morgan fingerprint density at radius 1 is 1.46 bits per heavy atom. The van der Waals surface area contributed by atoms with Crippen molar-refractivity contribution in [2.45, 2.75) is 39.8 Å². The second kappa shape index (κ2) is 8.09. The lowest BCUT2D eigenvalue weighted by Gasteiger charge is -2.24. The minimum Gasteiger partial charge on any atom is -0.336 e. The average molecular weight is 375 g/mol. The molecule has 1 fully saturated rings. The van der Waals surface area contributed by atoms with E-state index in [1.54, 1.807) is 22.7 Å². The summed E-state index contributed by atoms with van der Waals surface area (Å²) in [6.45, 7) is 6.70. The Kier molecular flexibility index (Phi) is 5.83. The second-order valence-corrected chi connectivity index (χ2v) is 7.83. The number of hydrogen-bond donors (Lipinski definition) is 1. The summed E-state index contributed by atoms with van der Waals surface area (Å²) in [5, 5.41) is 7.35. The number of pyridine rings is 1. The van der Waals surface area contributed by atoms with Gasteiger partial charge >= 0.3 is 0 Å². The van der Waals surface area contributed by atoms with Crippen LogP contribution >= 0.6 is 11.5 Å². The number of nitrogens with zero attached hydrogens (tertiary/aromatic N) is 4. The predicted octanol–water partition coefficient (Wildman–Crippen LogP) is 1.59. The zero-order valence-corrected chi connectivity index (χ0v) is 16.3. The van der Waals surface area contributed by atoms with Gasteiger partial charge in [0.1, 0.15) is 5.56 Å². The van der Waals surface area contributed by atoms with Gasteiger partial charge in [0.25, 0.3) is 11.5 Å². The molecule has 1 N–H and O–H groups in total. The van der Waals surface area contributed by atoms with Gasteiger partial charge < -0.3 is 14.8 Å². The quantitative estimate of drug-likeness (QED) is 0.858. The predicted molar refractivity (Wildman–Crippen MR) is 101 cm³/mol. The fourth-order valence-corrected chi connectivity index (χ4v) is 3.99. The third-order valence-electron chi connectivity index (χ3n) is 4.91. The second-order valence-electron chi connectivity index (χ2n) is 6.99. The minimum atomic E-state index is -0.253. The van der Waals surface area contributed by atoms with Crippen LogP contribution in [0.3, 0.4) is 0 Å². The summed E-state index contributed by atoms with van der Waals surface area (Å²) < 4.78 is 5.59. The zero-order chi connectivity index (χ0) is 18.7. The number of hydrogen-bond acceptors (Lipinski definition) is 6. The van der Waals surface area contributed by atoms with Crippen LogP contribution in [0.25, 0.3) is 0 Å². The standard InChI is InChI=1S/C18H25N5O2S/c1-12-6-8-23(10-14-5-4-7-19-9-14)18(25)16(12)17(24)22(3)11-15-13(2)20-21-26-15/h6,8,14,19H,4-5,7,9-11H2,1-3H3. The van der Waals surface area contributed by atoms with Gasteiger partial charge in [-0.2, -0.15) is 0 Å². The molecular weight excluding hydrogens is 350 g/mol. The molecule has 0 aromatic carbocycles. The Hall–Kier alpha value is -2.06. The molecular formula is C18H25N5O2S. The van der Waals surface area contributed by atoms with Crippen LogP contribution in [0.4, 0.5) is 0 Å². The lowest BCUT2D eigenvalue weighted by molar-refractivity contribution is 0.0782. The smallest absolute Gasteiger partial charge is 0.263 e. The number of nitrogens with one attached hydrogen (secondary N) is 1. The van der Waals surface area contributed by atoms with Crippen LogP contribution in [0.1, 0.15) is 39.3 Å². The first-order chi connectivity index (χ1) is 12.5. The van der Waals surface area contributed by atoms with E-state index in [0.717, 1.165) is 36.5 Å². The maximum Gasteiger partial charge on any atom is 0.263 e. The van der Waals surface area contributed by atoms with Crippen molar-refractivity contribution >= 4 is 17.4 Å². The van der Waals surface area contributed by atoms with Gasteiger partial charge in [-0.15, -0.1) is 5.10 Å². The molecule has 0 spiro atoms. The van der Waals surface area contributed by atoms with E-state index in [9.17, 15) is 9.59 Å². The number of amides is 1. The maximum atomic E-state index is 13.0. The van der Waals surface area contributed by atoms with Crippen molar-refractivity contribution in [2.75, 3.05) is 20.1 Å². The molecule has 0 radical (unpaired) electrons.